The van der Waals surface area contributed by atoms with Crippen LogP contribution in [0.15, 0.2) is 0 Å². The molecule has 0 aromatic rings. The molecule has 0 aliphatic carbocycles. The summed E-state index contributed by atoms with van der Waals surface area (Å²) >= 11 is 0. The van der Waals surface area contributed by atoms with Gasteiger partial charge in [0.15, 0.2) is 0 Å². The summed E-state index contributed by atoms with van der Waals surface area (Å²) in [5.74, 6) is 2.57. The van der Waals surface area contributed by atoms with Crippen molar-refractivity contribution in [3.63, 3.8) is 0 Å². The second-order valence-corrected chi connectivity index (χ2v) is 1.31. The second kappa shape index (κ2) is 4.62. The average Bonchev–Trinajstić information content (AvgIpc) is 1.61. The molecule has 0 spiro atoms. The van der Waals surface area contributed by atoms with Gasteiger partial charge in [0.25, 0.3) is 0 Å². The lowest BCUT2D eigenvalue weighted by Crippen LogP contribution is -1.66. The largest absolute Gasteiger partial charge is 0.120 e. The summed E-state index contributed by atoms with van der Waals surface area (Å²) in [4.78, 5) is 0. The van der Waals surface area contributed by atoms with Crippen molar-refractivity contribution in [3.8, 4) is 12.3 Å². The van der Waals surface area contributed by atoms with Crippen molar-refractivity contribution < 1.29 is 0 Å². The molecule has 0 aliphatic heterocycles. The molecular weight excluding hydrogens is 70.9 g/mol. The van der Waals surface area contributed by atoms with Crippen LogP contribution in [0, 0.1) is 12.3 Å². The number of terminal acetylenes is 1. The topological polar surface area (TPSA) is 0 Å². The summed E-state index contributed by atoms with van der Waals surface area (Å²) in [5, 5.41) is 0. The van der Waals surface area contributed by atoms with Gasteiger partial charge >= 0.3 is 0 Å². The maximum atomic E-state index is 4.96. The van der Waals surface area contributed by atoms with E-state index in [1.165, 1.54) is 12.7 Å². The molecule has 0 saturated heterocycles. The van der Waals surface area contributed by atoms with E-state index in [1.807, 2.05) is 0 Å². The van der Waals surface area contributed by atoms with Crippen molar-refractivity contribution >= 4 is 7.85 Å². The first-order valence-electron chi connectivity index (χ1n) is 2.35. The van der Waals surface area contributed by atoms with E-state index in [9.17, 15) is 0 Å². The molecule has 0 rings (SSSR count). The van der Waals surface area contributed by atoms with Crippen molar-refractivity contribution in [2.45, 2.75) is 19.2 Å². The molecule has 0 atom stereocenters. The molecule has 0 bridgehead atoms. The van der Waals surface area contributed by atoms with Gasteiger partial charge in [-0.25, -0.2) is 0 Å². The van der Waals surface area contributed by atoms with Gasteiger partial charge in [-0.3, -0.25) is 0 Å². The van der Waals surface area contributed by atoms with E-state index in [-0.39, 0.29) is 0 Å². The predicted molar refractivity (Wildman–Crippen MR) is 31.4 cm³/mol. The Bertz CT molecular complexity index is 51.4. The highest BCUT2D eigenvalue weighted by molar-refractivity contribution is 6.08. The molecule has 0 radical (unpaired) electrons. The molecule has 0 fully saturated rings. The van der Waals surface area contributed by atoms with E-state index in [2.05, 4.69) is 13.8 Å². The van der Waals surface area contributed by atoms with Gasteiger partial charge in [0, 0.05) is 6.42 Å². The molecule has 0 amide bonds. The van der Waals surface area contributed by atoms with Gasteiger partial charge in [-0.2, -0.15) is 0 Å². The van der Waals surface area contributed by atoms with Gasteiger partial charge in [-0.1, -0.05) is 6.32 Å². The minimum absolute atomic E-state index is 0.941. The number of hydrogen-bond donors (Lipinski definition) is 0. The third-order valence-electron chi connectivity index (χ3n) is 0.675. The molecule has 0 saturated carbocycles. The van der Waals surface area contributed by atoms with Gasteiger partial charge in [-0.15, -0.1) is 12.3 Å². The first-order chi connectivity index (χ1) is 2.91. The number of unbranched alkanes of at least 4 members (excludes halogenated alkanes) is 1. The average molecular weight is 79.9 g/mol. The summed E-state index contributed by atoms with van der Waals surface area (Å²) in [6, 6.07) is 0. The fraction of sp³-hybridized carbons (Fsp3) is 0.600. The van der Waals surface area contributed by atoms with Gasteiger partial charge < -0.3 is 0 Å². The lowest BCUT2D eigenvalue weighted by Gasteiger charge is -1.79. The minimum Gasteiger partial charge on any atom is -0.120 e. The monoisotopic (exact) mass is 80.1 g/mol. The van der Waals surface area contributed by atoms with Gasteiger partial charge in [0.2, 0.25) is 0 Å². The van der Waals surface area contributed by atoms with Crippen molar-refractivity contribution in [3.05, 3.63) is 0 Å². The van der Waals surface area contributed by atoms with Crippen molar-refractivity contribution in [2.24, 2.45) is 0 Å². The lowest BCUT2D eigenvalue weighted by molar-refractivity contribution is 0.980. The normalized spacial score (nSPS) is 7.17. The second-order valence-electron chi connectivity index (χ2n) is 1.31. The zero-order valence-electron chi connectivity index (χ0n) is 4.20. The minimum atomic E-state index is 0.941. The highest BCUT2D eigenvalue weighted by Crippen LogP contribution is 1.87. The molecule has 0 aromatic carbocycles. The molecular formula is C5H9B. The predicted octanol–water partition coefficient (Wildman–Crippen LogP) is 0.451. The molecule has 1 heteroatoms. The Labute approximate surface area is 40.4 Å². The van der Waals surface area contributed by atoms with Crippen LogP contribution in [0.1, 0.15) is 12.8 Å². The van der Waals surface area contributed by atoms with E-state index in [1.54, 1.807) is 0 Å². The van der Waals surface area contributed by atoms with Crippen molar-refractivity contribution in [1.29, 1.82) is 0 Å². The quantitative estimate of drug-likeness (QED) is 0.256. The maximum absolute atomic E-state index is 4.96. The van der Waals surface area contributed by atoms with Crippen LogP contribution in [0.3, 0.4) is 0 Å². The molecule has 0 aromatic heterocycles. The van der Waals surface area contributed by atoms with Gasteiger partial charge in [0.1, 0.15) is 7.85 Å². The highest BCUT2D eigenvalue weighted by atomic mass is 13.7. The Kier molecular flexibility index (Phi) is 4.34. The van der Waals surface area contributed by atoms with Crippen LogP contribution in [-0.4, -0.2) is 7.85 Å². The molecule has 32 valence electrons. The maximum Gasteiger partial charge on any atom is 0.101 e. The molecule has 0 unspecified atom stereocenters. The van der Waals surface area contributed by atoms with Crippen LogP contribution in [0.5, 0.6) is 0 Å². The van der Waals surface area contributed by atoms with E-state index < -0.39 is 0 Å². The van der Waals surface area contributed by atoms with E-state index in [0.717, 1.165) is 6.42 Å². The fourth-order valence-corrected chi connectivity index (χ4v) is 0.279. The fourth-order valence-electron chi connectivity index (χ4n) is 0.279. The van der Waals surface area contributed by atoms with E-state index in [0.29, 0.717) is 0 Å². The van der Waals surface area contributed by atoms with E-state index in [4.69, 9.17) is 6.42 Å². The Hall–Kier alpha value is -0.375. The SMILES string of the molecule is BCCCC#C. The van der Waals surface area contributed by atoms with Crippen LogP contribution in [0.4, 0.5) is 0 Å². The summed E-state index contributed by atoms with van der Waals surface area (Å²) in [6.07, 6.45) is 8.30. The Morgan fingerprint density at radius 2 is 2.33 bits per heavy atom. The molecule has 6 heavy (non-hydrogen) atoms. The third kappa shape index (κ3) is 3.62. The van der Waals surface area contributed by atoms with Crippen molar-refractivity contribution in [2.75, 3.05) is 0 Å². The number of hydrogen-bond acceptors (Lipinski definition) is 0. The van der Waals surface area contributed by atoms with Crippen LogP contribution >= 0.6 is 0 Å². The summed E-state index contributed by atoms with van der Waals surface area (Å²) in [6.45, 7) is 0. The van der Waals surface area contributed by atoms with Crippen LogP contribution in [0.2, 0.25) is 6.32 Å². The van der Waals surface area contributed by atoms with Crippen LogP contribution in [-0.2, 0) is 0 Å². The zero-order valence-corrected chi connectivity index (χ0v) is 4.20. The lowest BCUT2D eigenvalue weighted by atomic mass is 10.0. The Morgan fingerprint density at radius 1 is 1.67 bits per heavy atom. The number of rotatable bonds is 2. The third-order valence-corrected chi connectivity index (χ3v) is 0.675. The van der Waals surface area contributed by atoms with Gasteiger partial charge in [0.05, 0.1) is 0 Å². The Balaban J connectivity index is 2.54. The standard InChI is InChI=1S/C5H9B/c1-2-3-4-5-6/h1H,3-6H2. The van der Waals surface area contributed by atoms with Crippen LogP contribution < -0.4 is 0 Å². The summed E-state index contributed by atoms with van der Waals surface area (Å²) in [7, 11) is 2.14. The molecule has 0 aliphatic rings. The van der Waals surface area contributed by atoms with Crippen molar-refractivity contribution in [1.82, 2.24) is 0 Å². The molecule has 0 N–H and O–H groups in total. The summed E-state index contributed by atoms with van der Waals surface area (Å²) < 4.78 is 0. The van der Waals surface area contributed by atoms with E-state index >= 15 is 0 Å². The first-order valence-corrected chi connectivity index (χ1v) is 2.35. The van der Waals surface area contributed by atoms with Crippen LogP contribution in [0.25, 0.3) is 0 Å². The zero-order chi connectivity index (χ0) is 4.83. The Morgan fingerprint density at radius 3 is 2.50 bits per heavy atom. The molecule has 0 heterocycles. The first kappa shape index (κ1) is 5.62. The van der Waals surface area contributed by atoms with Gasteiger partial charge in [-0.05, 0) is 6.42 Å². The highest BCUT2D eigenvalue weighted by Gasteiger charge is 1.72. The smallest absolute Gasteiger partial charge is 0.101 e. The molecule has 0 nitrogen and oxygen atoms in total. The summed E-state index contributed by atoms with van der Waals surface area (Å²) in [5.41, 5.74) is 0.